The molecule has 33 heavy (non-hydrogen) atoms. The summed E-state index contributed by atoms with van der Waals surface area (Å²) in [7, 11) is 0. The molecule has 5 rings (SSSR count). The Morgan fingerprint density at radius 3 is 2.52 bits per heavy atom. The Morgan fingerprint density at radius 2 is 1.82 bits per heavy atom. The molecule has 3 heterocycles. The van der Waals surface area contributed by atoms with E-state index in [9.17, 15) is 14.7 Å². The molecule has 2 N–H and O–H groups in total. The second kappa shape index (κ2) is 9.64. The number of anilines is 1. The minimum atomic E-state index is -0.571. The van der Waals surface area contributed by atoms with E-state index < -0.39 is 6.10 Å². The van der Waals surface area contributed by atoms with Crippen molar-refractivity contribution in [2.24, 2.45) is 5.92 Å². The number of hydrogen-bond donors (Lipinski definition) is 2. The number of rotatable bonds is 8. The maximum Gasteiger partial charge on any atom is 0.238 e. The Labute approximate surface area is 196 Å². The van der Waals surface area contributed by atoms with Gasteiger partial charge in [-0.2, -0.15) is 0 Å². The van der Waals surface area contributed by atoms with Gasteiger partial charge in [-0.3, -0.25) is 24.3 Å². The van der Waals surface area contributed by atoms with Gasteiger partial charge in [0.05, 0.1) is 21.8 Å². The van der Waals surface area contributed by atoms with Crippen LogP contribution in [0.1, 0.15) is 6.42 Å². The molecule has 3 aromatic rings. The second-order valence-electron chi connectivity index (χ2n) is 8.73. The maximum atomic E-state index is 12.8. The van der Waals surface area contributed by atoms with Crippen LogP contribution in [-0.2, 0) is 9.59 Å². The number of H-pyrrole nitrogens is 1. The zero-order valence-corrected chi connectivity index (χ0v) is 19.2. The van der Waals surface area contributed by atoms with Gasteiger partial charge in [0.1, 0.15) is 18.5 Å². The van der Waals surface area contributed by atoms with Crippen molar-refractivity contribution in [1.82, 2.24) is 14.2 Å². The van der Waals surface area contributed by atoms with Crippen LogP contribution in [0.25, 0.3) is 10.2 Å². The zero-order chi connectivity index (χ0) is 22.8. The fourth-order valence-corrected chi connectivity index (χ4v) is 5.12. The van der Waals surface area contributed by atoms with Gasteiger partial charge in [0.2, 0.25) is 11.8 Å². The summed E-state index contributed by atoms with van der Waals surface area (Å²) in [6.45, 7) is 4.65. The molecule has 0 saturated carbocycles. The average Bonchev–Trinajstić information content (AvgIpc) is 3.08. The van der Waals surface area contributed by atoms with E-state index in [1.807, 2.05) is 36.4 Å². The number of aliphatic hydroxyl groups excluding tert-OH is 1. The SMILES string of the molecule is O=C1CC(CN2CCN(C[C@@H](O)COc3ccc4s[nH]c4c3)CC2)C(=O)N1c1ccccc1. The minimum absolute atomic E-state index is 0.106. The van der Waals surface area contributed by atoms with E-state index in [0.29, 0.717) is 18.8 Å². The molecule has 9 heteroatoms. The Bertz CT molecular complexity index is 1110. The molecule has 0 spiro atoms. The van der Waals surface area contributed by atoms with Crippen molar-refractivity contribution >= 4 is 39.3 Å². The number of amides is 2. The van der Waals surface area contributed by atoms with Gasteiger partial charge in [-0.25, -0.2) is 0 Å². The molecule has 2 aliphatic rings. The Morgan fingerprint density at radius 1 is 1.06 bits per heavy atom. The van der Waals surface area contributed by atoms with Crippen LogP contribution in [0.3, 0.4) is 0 Å². The molecule has 2 saturated heterocycles. The lowest BCUT2D eigenvalue weighted by Crippen LogP contribution is -2.50. The van der Waals surface area contributed by atoms with Crippen LogP contribution >= 0.6 is 11.5 Å². The van der Waals surface area contributed by atoms with Gasteiger partial charge in [-0.05, 0) is 24.3 Å². The monoisotopic (exact) mass is 468 g/mol. The van der Waals surface area contributed by atoms with Crippen molar-refractivity contribution in [3.8, 4) is 5.75 Å². The molecule has 1 unspecified atom stereocenters. The fourth-order valence-electron chi connectivity index (χ4n) is 4.53. The van der Waals surface area contributed by atoms with Crippen LogP contribution in [0.5, 0.6) is 5.75 Å². The molecular formula is C24H28N4O4S. The largest absolute Gasteiger partial charge is 0.491 e. The number of fused-ring (bicyclic) bond motifs is 1. The van der Waals surface area contributed by atoms with E-state index >= 15 is 0 Å². The van der Waals surface area contributed by atoms with Crippen molar-refractivity contribution in [3.05, 3.63) is 48.5 Å². The Balaban J connectivity index is 1.05. The van der Waals surface area contributed by atoms with Crippen molar-refractivity contribution in [3.63, 3.8) is 0 Å². The van der Waals surface area contributed by atoms with E-state index in [4.69, 9.17) is 4.74 Å². The number of imide groups is 1. The van der Waals surface area contributed by atoms with Gasteiger partial charge in [-0.15, -0.1) is 0 Å². The fraction of sp³-hybridized carbons (Fsp3) is 0.417. The molecule has 174 valence electrons. The molecule has 0 aliphatic carbocycles. The molecule has 2 amide bonds. The number of ether oxygens (including phenoxy) is 1. The quantitative estimate of drug-likeness (QED) is 0.493. The number of piperazine rings is 1. The highest BCUT2D eigenvalue weighted by molar-refractivity contribution is 7.15. The van der Waals surface area contributed by atoms with Gasteiger partial charge in [0.15, 0.2) is 0 Å². The number of para-hydroxylation sites is 1. The smallest absolute Gasteiger partial charge is 0.238 e. The normalized spacial score (nSPS) is 21.2. The molecule has 8 nitrogen and oxygen atoms in total. The summed E-state index contributed by atoms with van der Waals surface area (Å²) < 4.78 is 10.1. The highest BCUT2D eigenvalue weighted by Gasteiger charge is 2.40. The number of benzene rings is 2. The maximum absolute atomic E-state index is 12.8. The minimum Gasteiger partial charge on any atom is -0.491 e. The summed E-state index contributed by atoms with van der Waals surface area (Å²) in [6, 6.07) is 15.0. The third-order valence-electron chi connectivity index (χ3n) is 6.33. The highest BCUT2D eigenvalue weighted by Crippen LogP contribution is 2.27. The van der Waals surface area contributed by atoms with Crippen molar-refractivity contribution < 1.29 is 19.4 Å². The van der Waals surface area contributed by atoms with Crippen LogP contribution in [0.2, 0.25) is 0 Å². The van der Waals surface area contributed by atoms with Crippen LogP contribution in [0, 0.1) is 5.92 Å². The predicted octanol–water partition coefficient (Wildman–Crippen LogP) is 2.17. The van der Waals surface area contributed by atoms with Crippen LogP contribution in [0.15, 0.2) is 48.5 Å². The number of carbonyl (C=O) groups excluding carboxylic acids is 2. The average molecular weight is 469 g/mol. The topological polar surface area (TPSA) is 89.1 Å². The first kappa shape index (κ1) is 22.1. The van der Waals surface area contributed by atoms with E-state index in [0.717, 1.165) is 37.4 Å². The third-order valence-corrected chi connectivity index (χ3v) is 7.23. The first-order chi connectivity index (χ1) is 16.1. The molecule has 2 fully saturated rings. The van der Waals surface area contributed by atoms with E-state index in [-0.39, 0.29) is 30.8 Å². The van der Waals surface area contributed by atoms with E-state index in [1.165, 1.54) is 9.60 Å². The molecule has 2 aliphatic heterocycles. The van der Waals surface area contributed by atoms with Gasteiger partial charge >= 0.3 is 0 Å². The van der Waals surface area contributed by atoms with Crippen LogP contribution < -0.4 is 9.64 Å². The van der Waals surface area contributed by atoms with Crippen molar-refractivity contribution in [1.29, 1.82) is 0 Å². The lowest BCUT2D eigenvalue weighted by atomic mass is 10.1. The third kappa shape index (κ3) is 4.96. The summed E-state index contributed by atoms with van der Waals surface area (Å²) >= 11 is 1.59. The summed E-state index contributed by atoms with van der Waals surface area (Å²) in [6.07, 6.45) is -0.306. The molecular weight excluding hydrogens is 440 g/mol. The summed E-state index contributed by atoms with van der Waals surface area (Å²) in [5.41, 5.74) is 1.72. The molecule has 2 aromatic carbocycles. The van der Waals surface area contributed by atoms with Crippen molar-refractivity contribution in [2.75, 3.05) is 50.8 Å². The lowest BCUT2D eigenvalue weighted by molar-refractivity contribution is -0.122. The second-order valence-corrected chi connectivity index (χ2v) is 9.58. The molecule has 1 aromatic heterocycles. The van der Waals surface area contributed by atoms with Crippen molar-refractivity contribution in [2.45, 2.75) is 12.5 Å². The van der Waals surface area contributed by atoms with E-state index in [2.05, 4.69) is 14.2 Å². The number of β-amino-alcohol motifs (C(OH)–C–C–N with tert-alkyl or cyclic N) is 1. The number of aromatic amines is 1. The summed E-state index contributed by atoms with van der Waals surface area (Å²) in [5, 5.41) is 10.4. The number of hydrogen-bond acceptors (Lipinski definition) is 7. The molecule has 0 bridgehead atoms. The van der Waals surface area contributed by atoms with Gasteiger partial charge in [-0.1, -0.05) is 29.7 Å². The Hall–Kier alpha value is -2.72. The summed E-state index contributed by atoms with van der Waals surface area (Å²) in [4.78, 5) is 31.1. The van der Waals surface area contributed by atoms with Gasteiger partial charge < -0.3 is 14.2 Å². The number of nitrogens with one attached hydrogen (secondary N) is 1. The zero-order valence-electron chi connectivity index (χ0n) is 18.4. The highest BCUT2D eigenvalue weighted by atomic mass is 32.1. The standard InChI is InChI=1S/C24H28N4O4S/c29-19(16-32-20-6-7-22-21(13-20)25-33-22)15-27-10-8-26(9-11-27)14-17-12-23(30)28(24(17)31)18-4-2-1-3-5-18/h1-7,13,17,19,25,29H,8-12,14-16H2/t17?,19-/m1/s1. The van der Waals surface area contributed by atoms with Gasteiger partial charge in [0.25, 0.3) is 0 Å². The lowest BCUT2D eigenvalue weighted by Gasteiger charge is -2.36. The molecule has 2 atom stereocenters. The number of nitrogens with zero attached hydrogens (tertiary/aromatic N) is 3. The first-order valence-corrected chi connectivity index (χ1v) is 12.1. The van der Waals surface area contributed by atoms with E-state index in [1.54, 1.807) is 23.7 Å². The predicted molar refractivity (Wildman–Crippen MR) is 128 cm³/mol. The molecule has 0 radical (unpaired) electrons. The number of carbonyl (C=O) groups is 2. The Kier molecular flexibility index (Phi) is 6.45. The van der Waals surface area contributed by atoms with Crippen LogP contribution in [0.4, 0.5) is 5.69 Å². The first-order valence-electron chi connectivity index (χ1n) is 11.3. The van der Waals surface area contributed by atoms with Crippen LogP contribution in [-0.4, -0.2) is 83.1 Å². The van der Waals surface area contributed by atoms with Gasteiger partial charge in [0, 0.05) is 51.8 Å². The summed E-state index contributed by atoms with van der Waals surface area (Å²) in [5.74, 6) is 0.232. The number of aromatic nitrogens is 1. The number of aliphatic hydroxyl groups is 1.